The molecule has 1 aliphatic rings. The van der Waals surface area contributed by atoms with Gasteiger partial charge in [0, 0.05) is 5.57 Å². The SMILES string of the molecule is C=C(C(=O)O)C(CC)(C(=O)OCC)C1CCCCC1. The number of carboxylic acid groups (broad SMARTS) is 1. The van der Waals surface area contributed by atoms with Gasteiger partial charge in [-0.15, -0.1) is 0 Å². The lowest BCUT2D eigenvalue weighted by Crippen LogP contribution is -2.44. The van der Waals surface area contributed by atoms with Crippen molar-refractivity contribution in [2.75, 3.05) is 6.61 Å². The van der Waals surface area contributed by atoms with E-state index < -0.39 is 17.4 Å². The van der Waals surface area contributed by atoms with E-state index in [1.165, 1.54) is 0 Å². The zero-order valence-corrected chi connectivity index (χ0v) is 11.9. The number of ether oxygens (including phenoxy) is 1. The Kier molecular flexibility index (Phi) is 5.58. The zero-order valence-electron chi connectivity index (χ0n) is 11.9. The minimum absolute atomic E-state index is 0.0136. The highest BCUT2D eigenvalue weighted by atomic mass is 16.5. The summed E-state index contributed by atoms with van der Waals surface area (Å²) in [5, 5.41) is 9.29. The summed E-state index contributed by atoms with van der Waals surface area (Å²) in [5.74, 6) is -1.48. The number of rotatable bonds is 6. The molecule has 19 heavy (non-hydrogen) atoms. The molecule has 0 amide bonds. The largest absolute Gasteiger partial charge is 0.478 e. The molecular formula is C15H24O4. The van der Waals surface area contributed by atoms with Crippen LogP contribution in [-0.2, 0) is 14.3 Å². The Labute approximate surface area is 114 Å². The van der Waals surface area contributed by atoms with E-state index in [2.05, 4.69) is 6.58 Å². The molecule has 0 radical (unpaired) electrons. The predicted octanol–water partition coefficient (Wildman–Crippen LogP) is 3.17. The molecule has 0 heterocycles. The summed E-state index contributed by atoms with van der Waals surface area (Å²) in [4.78, 5) is 23.7. The van der Waals surface area contributed by atoms with E-state index >= 15 is 0 Å². The summed E-state index contributed by atoms with van der Waals surface area (Å²) >= 11 is 0. The van der Waals surface area contributed by atoms with Crippen LogP contribution in [-0.4, -0.2) is 23.7 Å². The van der Waals surface area contributed by atoms with Gasteiger partial charge in [-0.05, 0) is 32.1 Å². The second-order valence-electron chi connectivity index (χ2n) is 5.16. The van der Waals surface area contributed by atoms with Crippen molar-refractivity contribution in [3.63, 3.8) is 0 Å². The normalized spacial score (nSPS) is 19.5. The number of carbonyl (C=O) groups excluding carboxylic acids is 1. The Bertz CT molecular complexity index is 355. The van der Waals surface area contributed by atoms with Crippen LogP contribution in [0.5, 0.6) is 0 Å². The van der Waals surface area contributed by atoms with Gasteiger partial charge in [-0.3, -0.25) is 4.79 Å². The molecule has 1 saturated carbocycles. The lowest BCUT2D eigenvalue weighted by molar-refractivity contribution is -0.160. The van der Waals surface area contributed by atoms with Crippen LogP contribution in [0.2, 0.25) is 0 Å². The molecule has 4 nitrogen and oxygen atoms in total. The van der Waals surface area contributed by atoms with Crippen LogP contribution in [0.4, 0.5) is 0 Å². The van der Waals surface area contributed by atoms with Gasteiger partial charge in [-0.2, -0.15) is 0 Å². The van der Waals surface area contributed by atoms with Crippen molar-refractivity contribution in [3.8, 4) is 0 Å². The van der Waals surface area contributed by atoms with E-state index in [0.29, 0.717) is 6.42 Å². The molecule has 0 bridgehead atoms. The molecule has 0 aliphatic heterocycles. The smallest absolute Gasteiger partial charge is 0.332 e. The van der Waals surface area contributed by atoms with Crippen molar-refractivity contribution >= 4 is 11.9 Å². The van der Waals surface area contributed by atoms with Gasteiger partial charge in [0.05, 0.1) is 6.61 Å². The van der Waals surface area contributed by atoms with Crippen LogP contribution in [0.25, 0.3) is 0 Å². The Morgan fingerprint density at radius 1 is 1.26 bits per heavy atom. The predicted molar refractivity (Wildman–Crippen MR) is 72.7 cm³/mol. The summed E-state index contributed by atoms with van der Waals surface area (Å²) in [7, 11) is 0. The molecule has 1 atom stereocenters. The van der Waals surface area contributed by atoms with Gasteiger partial charge >= 0.3 is 11.9 Å². The second kappa shape index (κ2) is 6.73. The standard InChI is InChI=1S/C15H24O4/c1-4-15(11(3)13(16)17,14(18)19-5-2)12-9-7-6-8-10-12/h12H,3-10H2,1-2H3,(H,16,17). The molecular weight excluding hydrogens is 244 g/mol. The van der Waals surface area contributed by atoms with Gasteiger partial charge in [-0.25, -0.2) is 4.79 Å². The minimum atomic E-state index is -1.10. The second-order valence-corrected chi connectivity index (χ2v) is 5.16. The highest BCUT2D eigenvalue weighted by Crippen LogP contribution is 2.46. The maximum atomic E-state index is 12.4. The van der Waals surface area contributed by atoms with Crippen molar-refractivity contribution in [1.82, 2.24) is 0 Å². The van der Waals surface area contributed by atoms with Crippen molar-refractivity contribution in [1.29, 1.82) is 0 Å². The van der Waals surface area contributed by atoms with E-state index in [1.807, 2.05) is 6.92 Å². The highest BCUT2D eigenvalue weighted by Gasteiger charge is 2.50. The van der Waals surface area contributed by atoms with Crippen molar-refractivity contribution in [2.45, 2.75) is 52.4 Å². The van der Waals surface area contributed by atoms with Crippen LogP contribution in [0.1, 0.15) is 52.4 Å². The van der Waals surface area contributed by atoms with Crippen LogP contribution in [0.15, 0.2) is 12.2 Å². The van der Waals surface area contributed by atoms with E-state index in [-0.39, 0.29) is 18.1 Å². The summed E-state index contributed by atoms with van der Waals surface area (Å²) < 4.78 is 5.16. The molecule has 1 rings (SSSR count). The van der Waals surface area contributed by atoms with Gasteiger partial charge in [0.1, 0.15) is 5.41 Å². The number of hydrogen-bond donors (Lipinski definition) is 1. The molecule has 0 saturated heterocycles. The lowest BCUT2D eigenvalue weighted by Gasteiger charge is -2.40. The molecule has 1 unspecified atom stereocenters. The third-order valence-electron chi connectivity index (χ3n) is 4.30. The minimum Gasteiger partial charge on any atom is -0.478 e. The molecule has 1 N–H and O–H groups in total. The highest BCUT2D eigenvalue weighted by molar-refractivity contribution is 5.96. The third kappa shape index (κ3) is 2.99. The van der Waals surface area contributed by atoms with Gasteiger partial charge in [0.25, 0.3) is 0 Å². The van der Waals surface area contributed by atoms with E-state index in [4.69, 9.17) is 4.74 Å². The van der Waals surface area contributed by atoms with Crippen LogP contribution in [0, 0.1) is 11.3 Å². The first-order valence-electron chi connectivity index (χ1n) is 7.10. The number of esters is 1. The topological polar surface area (TPSA) is 63.6 Å². The van der Waals surface area contributed by atoms with Gasteiger partial charge in [0.15, 0.2) is 0 Å². The monoisotopic (exact) mass is 268 g/mol. The zero-order chi connectivity index (χ0) is 14.5. The van der Waals surface area contributed by atoms with Gasteiger partial charge < -0.3 is 9.84 Å². The first-order valence-corrected chi connectivity index (χ1v) is 7.10. The Morgan fingerprint density at radius 3 is 2.26 bits per heavy atom. The molecule has 0 aromatic carbocycles. The summed E-state index contributed by atoms with van der Waals surface area (Å²) in [5.41, 5.74) is -1.07. The van der Waals surface area contributed by atoms with Crippen LogP contribution < -0.4 is 0 Å². The quantitative estimate of drug-likeness (QED) is 0.593. The fourth-order valence-electron chi connectivity index (χ4n) is 3.23. The number of aliphatic carboxylic acids is 1. The molecule has 0 spiro atoms. The van der Waals surface area contributed by atoms with Crippen LogP contribution in [0.3, 0.4) is 0 Å². The van der Waals surface area contributed by atoms with E-state index in [1.54, 1.807) is 6.92 Å². The lowest BCUT2D eigenvalue weighted by atomic mass is 9.63. The van der Waals surface area contributed by atoms with Gasteiger partial charge in [0.2, 0.25) is 0 Å². The Balaban J connectivity index is 3.15. The molecule has 1 fully saturated rings. The number of carboxylic acids is 1. The van der Waals surface area contributed by atoms with Crippen molar-refractivity contribution in [2.24, 2.45) is 11.3 Å². The van der Waals surface area contributed by atoms with Crippen molar-refractivity contribution in [3.05, 3.63) is 12.2 Å². The maximum Gasteiger partial charge on any atom is 0.332 e. The van der Waals surface area contributed by atoms with Gasteiger partial charge in [-0.1, -0.05) is 32.8 Å². The molecule has 1 aliphatic carbocycles. The van der Waals surface area contributed by atoms with E-state index in [9.17, 15) is 14.7 Å². The molecule has 0 aromatic rings. The molecule has 108 valence electrons. The van der Waals surface area contributed by atoms with Crippen molar-refractivity contribution < 1.29 is 19.4 Å². The first-order chi connectivity index (χ1) is 9.00. The number of hydrogen-bond acceptors (Lipinski definition) is 3. The van der Waals surface area contributed by atoms with Crippen LogP contribution >= 0.6 is 0 Å². The fourth-order valence-corrected chi connectivity index (χ4v) is 3.23. The third-order valence-corrected chi connectivity index (χ3v) is 4.30. The Hall–Kier alpha value is -1.32. The Morgan fingerprint density at radius 2 is 1.84 bits per heavy atom. The van der Waals surface area contributed by atoms with E-state index in [0.717, 1.165) is 32.1 Å². The summed E-state index contributed by atoms with van der Waals surface area (Å²) in [6.07, 6.45) is 5.41. The molecule has 4 heteroatoms. The summed E-state index contributed by atoms with van der Waals surface area (Å²) in [6, 6.07) is 0. The summed E-state index contributed by atoms with van der Waals surface area (Å²) in [6.45, 7) is 7.53. The first kappa shape index (κ1) is 15.7. The fraction of sp³-hybridized carbons (Fsp3) is 0.733. The maximum absolute atomic E-state index is 12.4. The number of carbonyl (C=O) groups is 2. The average Bonchev–Trinajstić information content (AvgIpc) is 2.41. The average molecular weight is 268 g/mol. The molecule has 0 aromatic heterocycles.